The van der Waals surface area contributed by atoms with Crippen LogP contribution in [0.1, 0.15) is 29.6 Å². The fourth-order valence-electron chi connectivity index (χ4n) is 3.21. The molecule has 0 amide bonds. The summed E-state index contributed by atoms with van der Waals surface area (Å²) in [6.07, 6.45) is 0. The molecule has 1 aromatic heterocycles. The quantitative estimate of drug-likeness (QED) is 0.656. The van der Waals surface area contributed by atoms with Gasteiger partial charge >= 0.3 is 0 Å². The first-order valence-electron chi connectivity index (χ1n) is 8.28. The zero-order valence-electron chi connectivity index (χ0n) is 14.9. The predicted octanol–water partition coefficient (Wildman–Crippen LogP) is 5.30. The Bertz CT molecular complexity index is 947. The lowest BCUT2D eigenvalue weighted by Gasteiger charge is -2.01. The van der Waals surface area contributed by atoms with Crippen molar-refractivity contribution in [3.8, 4) is 5.75 Å². The summed E-state index contributed by atoms with van der Waals surface area (Å²) in [6.45, 7) is 10.7. The summed E-state index contributed by atoms with van der Waals surface area (Å²) < 4.78 is 11.7. The van der Waals surface area contributed by atoms with Gasteiger partial charge in [-0.1, -0.05) is 12.1 Å². The number of ether oxygens (including phenoxy) is 1. The summed E-state index contributed by atoms with van der Waals surface area (Å²) in [7, 11) is 0. The first-order valence-corrected chi connectivity index (χ1v) is 8.28. The molecule has 2 aromatic carbocycles. The Labute approximate surface area is 142 Å². The fourth-order valence-corrected chi connectivity index (χ4v) is 3.21. The van der Waals surface area contributed by atoms with Crippen molar-refractivity contribution in [3.05, 3.63) is 64.4 Å². The Balaban J connectivity index is 2.37. The molecule has 0 saturated carbocycles. The van der Waals surface area contributed by atoms with Crippen LogP contribution in [0, 0.1) is 27.7 Å². The molecule has 0 fully saturated rings. The summed E-state index contributed by atoms with van der Waals surface area (Å²) in [5.41, 5.74) is 3.37. The van der Waals surface area contributed by atoms with Gasteiger partial charge in [0.15, 0.2) is 0 Å². The van der Waals surface area contributed by atoms with E-state index in [1.54, 1.807) is 0 Å². The van der Waals surface area contributed by atoms with Crippen molar-refractivity contribution >= 4 is 16.5 Å². The summed E-state index contributed by atoms with van der Waals surface area (Å²) in [5.74, 6) is 2.56. The van der Waals surface area contributed by atoms with Crippen molar-refractivity contribution in [3.63, 3.8) is 0 Å². The molecule has 0 aliphatic rings. The maximum Gasteiger partial charge on any atom is 0.130 e. The van der Waals surface area contributed by atoms with Crippen molar-refractivity contribution in [1.82, 2.24) is 0 Å². The maximum absolute atomic E-state index is 5.88. The molecule has 124 valence electrons. The van der Waals surface area contributed by atoms with Crippen molar-refractivity contribution in [2.24, 2.45) is 4.99 Å². The van der Waals surface area contributed by atoms with Crippen LogP contribution in [0.15, 0.2) is 45.8 Å². The molecular formula is C21H23NO2. The summed E-state index contributed by atoms with van der Waals surface area (Å²) in [6, 6.07) is 12.3. The predicted molar refractivity (Wildman–Crippen MR) is 98.0 cm³/mol. The van der Waals surface area contributed by atoms with Gasteiger partial charge in [-0.3, -0.25) is 0 Å². The van der Waals surface area contributed by atoms with E-state index in [9.17, 15) is 0 Å². The highest BCUT2D eigenvalue weighted by atomic mass is 16.5. The summed E-state index contributed by atoms with van der Waals surface area (Å²) >= 11 is 0. The highest BCUT2D eigenvalue weighted by Gasteiger charge is 2.13. The Kier molecular flexibility index (Phi) is 4.43. The first-order chi connectivity index (χ1) is 11.5. The molecule has 0 saturated heterocycles. The average molecular weight is 321 g/mol. The zero-order chi connectivity index (χ0) is 17.3. The van der Waals surface area contributed by atoms with Crippen LogP contribution in [0.2, 0.25) is 0 Å². The Morgan fingerprint density at radius 2 is 1.58 bits per heavy atom. The Morgan fingerprint density at radius 1 is 0.917 bits per heavy atom. The lowest BCUT2D eigenvalue weighted by atomic mass is 10.1. The molecule has 1 heterocycles. The molecule has 0 N–H and O–H groups in total. The van der Waals surface area contributed by atoms with Gasteiger partial charge in [0.1, 0.15) is 17.3 Å². The van der Waals surface area contributed by atoms with Crippen molar-refractivity contribution in [2.75, 3.05) is 6.61 Å². The molecule has 0 atom stereocenters. The lowest BCUT2D eigenvalue weighted by Crippen LogP contribution is -1.99. The largest absolute Gasteiger partial charge is 0.493 e. The highest BCUT2D eigenvalue weighted by molar-refractivity contribution is 5.91. The molecule has 3 aromatic rings. The third-order valence-corrected chi connectivity index (χ3v) is 4.02. The fraction of sp³-hybridized carbons (Fsp3) is 0.286. The molecule has 0 radical (unpaired) electrons. The minimum absolute atomic E-state index is 0.617. The van der Waals surface area contributed by atoms with E-state index >= 15 is 0 Å². The number of rotatable bonds is 3. The second-order valence-electron chi connectivity index (χ2n) is 6.13. The number of benzene rings is 1. The smallest absolute Gasteiger partial charge is 0.130 e. The van der Waals surface area contributed by atoms with Gasteiger partial charge in [-0.15, -0.1) is 0 Å². The maximum atomic E-state index is 5.88. The van der Waals surface area contributed by atoms with Crippen LogP contribution in [0.3, 0.4) is 0 Å². The molecule has 0 bridgehead atoms. The standard InChI is InChI=1S/C21H23NO2/c1-6-23-19-9-7-8-18(20-15(4)24-16(5)21(19)20)22-17-11-13(2)10-14(3)12-17/h7-12H,6H2,1-5H3. The van der Waals surface area contributed by atoms with E-state index in [1.165, 1.54) is 11.1 Å². The van der Waals surface area contributed by atoms with Crippen LogP contribution < -0.4 is 10.1 Å². The number of fused-ring (bicyclic) bond motifs is 1. The van der Waals surface area contributed by atoms with Gasteiger partial charge in [0, 0.05) is 0 Å². The molecule has 3 nitrogen and oxygen atoms in total. The Hall–Kier alpha value is -2.55. The normalized spacial score (nSPS) is 12.0. The van der Waals surface area contributed by atoms with Crippen LogP contribution >= 0.6 is 0 Å². The average Bonchev–Trinajstić information content (AvgIpc) is 2.67. The third-order valence-electron chi connectivity index (χ3n) is 4.02. The van der Waals surface area contributed by atoms with Gasteiger partial charge < -0.3 is 9.15 Å². The second kappa shape index (κ2) is 6.52. The highest BCUT2D eigenvalue weighted by Crippen LogP contribution is 2.30. The van der Waals surface area contributed by atoms with E-state index in [4.69, 9.17) is 14.1 Å². The number of aryl methyl sites for hydroxylation is 4. The molecule has 24 heavy (non-hydrogen) atoms. The molecule has 3 rings (SSSR count). The molecule has 0 aliphatic carbocycles. The first kappa shape index (κ1) is 16.3. The van der Waals surface area contributed by atoms with Crippen molar-refractivity contribution in [2.45, 2.75) is 34.6 Å². The monoisotopic (exact) mass is 321 g/mol. The number of hydrogen-bond acceptors (Lipinski definition) is 3. The number of furan rings is 1. The van der Waals surface area contributed by atoms with Crippen LogP contribution in [0.25, 0.3) is 10.8 Å². The van der Waals surface area contributed by atoms with Gasteiger partial charge in [-0.25, -0.2) is 4.99 Å². The SMILES string of the molecule is CCOc1cccc(=Nc2cc(C)cc(C)c2)c2c(C)oc(C)c12. The van der Waals surface area contributed by atoms with Crippen LogP contribution in [0.5, 0.6) is 5.75 Å². The van der Waals surface area contributed by atoms with Gasteiger partial charge in [0.05, 0.1) is 28.4 Å². The van der Waals surface area contributed by atoms with Crippen LogP contribution in [0.4, 0.5) is 5.69 Å². The molecular weight excluding hydrogens is 298 g/mol. The molecule has 0 aliphatic heterocycles. The Morgan fingerprint density at radius 3 is 2.25 bits per heavy atom. The number of nitrogens with zero attached hydrogens (tertiary/aromatic N) is 1. The summed E-state index contributed by atoms with van der Waals surface area (Å²) in [4.78, 5) is 4.89. The van der Waals surface area contributed by atoms with Gasteiger partial charge in [0.25, 0.3) is 0 Å². The van der Waals surface area contributed by atoms with Crippen molar-refractivity contribution in [1.29, 1.82) is 0 Å². The lowest BCUT2D eigenvalue weighted by molar-refractivity contribution is 0.344. The van der Waals surface area contributed by atoms with Crippen molar-refractivity contribution < 1.29 is 9.15 Å². The number of hydrogen-bond donors (Lipinski definition) is 0. The van der Waals surface area contributed by atoms with E-state index in [0.717, 1.165) is 39.1 Å². The molecule has 3 heteroatoms. The third kappa shape index (κ3) is 3.07. The van der Waals surface area contributed by atoms with E-state index in [0.29, 0.717) is 6.61 Å². The van der Waals surface area contributed by atoms with E-state index in [1.807, 2.05) is 39.0 Å². The molecule has 0 unspecified atom stereocenters. The molecule has 0 spiro atoms. The van der Waals surface area contributed by atoms with Gasteiger partial charge in [0.2, 0.25) is 0 Å². The van der Waals surface area contributed by atoms with E-state index < -0.39 is 0 Å². The topological polar surface area (TPSA) is 34.7 Å². The van der Waals surface area contributed by atoms with Crippen LogP contribution in [-0.4, -0.2) is 6.61 Å². The van der Waals surface area contributed by atoms with Crippen LogP contribution in [-0.2, 0) is 0 Å². The van der Waals surface area contributed by atoms with E-state index in [2.05, 4.69) is 32.0 Å². The second-order valence-corrected chi connectivity index (χ2v) is 6.13. The minimum atomic E-state index is 0.617. The minimum Gasteiger partial charge on any atom is -0.493 e. The van der Waals surface area contributed by atoms with Gasteiger partial charge in [-0.2, -0.15) is 0 Å². The van der Waals surface area contributed by atoms with E-state index in [-0.39, 0.29) is 0 Å². The van der Waals surface area contributed by atoms with Gasteiger partial charge in [-0.05, 0) is 70.0 Å². The summed E-state index contributed by atoms with van der Waals surface area (Å²) in [5, 5.41) is 2.91. The zero-order valence-corrected chi connectivity index (χ0v) is 14.9.